The van der Waals surface area contributed by atoms with Crippen molar-refractivity contribution in [3.63, 3.8) is 0 Å². The zero-order valence-electron chi connectivity index (χ0n) is 18.0. The Morgan fingerprint density at radius 3 is 2.36 bits per heavy atom. The molecule has 0 fully saturated rings. The van der Waals surface area contributed by atoms with Gasteiger partial charge in [0.2, 0.25) is 0 Å². The van der Waals surface area contributed by atoms with Gasteiger partial charge in [-0.25, -0.2) is 9.80 Å². The average Bonchev–Trinajstić information content (AvgIpc) is 3.33. The fraction of sp³-hybridized carbons (Fsp3) is 0.154. The van der Waals surface area contributed by atoms with Gasteiger partial charge in [-0.2, -0.15) is 10.4 Å². The first-order chi connectivity index (χ1) is 16.1. The van der Waals surface area contributed by atoms with Crippen LogP contribution in [0.25, 0.3) is 0 Å². The molecule has 1 aliphatic heterocycles. The maximum Gasteiger partial charge on any atom is 0.338 e. The lowest BCUT2D eigenvalue weighted by molar-refractivity contribution is -0.136. The van der Waals surface area contributed by atoms with Gasteiger partial charge in [0.15, 0.2) is 6.61 Å². The number of carbonyl (C=O) groups is 2. The number of benzene rings is 3. The molecule has 0 unspecified atom stereocenters. The Morgan fingerprint density at radius 2 is 1.73 bits per heavy atom. The number of methoxy groups -OCH3 is 1. The summed E-state index contributed by atoms with van der Waals surface area (Å²) in [5.41, 5.74) is 3.31. The van der Waals surface area contributed by atoms with Gasteiger partial charge < -0.3 is 9.47 Å². The summed E-state index contributed by atoms with van der Waals surface area (Å²) >= 11 is 0. The van der Waals surface area contributed by atoms with Gasteiger partial charge in [0.25, 0.3) is 5.91 Å². The molecule has 7 heteroatoms. The fourth-order valence-electron chi connectivity index (χ4n) is 3.59. The molecule has 0 aromatic heterocycles. The number of esters is 1. The highest BCUT2D eigenvalue weighted by atomic mass is 16.5. The summed E-state index contributed by atoms with van der Waals surface area (Å²) in [6, 6.07) is 24.8. The van der Waals surface area contributed by atoms with Crippen molar-refractivity contribution in [2.75, 3.05) is 13.7 Å². The van der Waals surface area contributed by atoms with Gasteiger partial charge in [0.1, 0.15) is 5.75 Å². The predicted molar refractivity (Wildman–Crippen MR) is 122 cm³/mol. The van der Waals surface area contributed by atoms with E-state index in [4.69, 9.17) is 14.7 Å². The topological polar surface area (TPSA) is 92.0 Å². The van der Waals surface area contributed by atoms with Crippen LogP contribution < -0.4 is 4.74 Å². The summed E-state index contributed by atoms with van der Waals surface area (Å²) in [4.78, 5) is 25.4. The Hall–Kier alpha value is -4.44. The van der Waals surface area contributed by atoms with Crippen LogP contribution in [0.3, 0.4) is 0 Å². The molecule has 0 bridgehead atoms. The summed E-state index contributed by atoms with van der Waals surface area (Å²) in [5, 5.41) is 14.8. The molecule has 1 amide bonds. The van der Waals surface area contributed by atoms with Gasteiger partial charge in [-0.15, -0.1) is 0 Å². The van der Waals surface area contributed by atoms with Crippen LogP contribution >= 0.6 is 0 Å². The molecular formula is C26H21N3O4. The molecule has 33 heavy (non-hydrogen) atoms. The largest absolute Gasteiger partial charge is 0.497 e. The van der Waals surface area contributed by atoms with E-state index in [1.807, 2.05) is 60.7 Å². The molecule has 0 N–H and O–H groups in total. The summed E-state index contributed by atoms with van der Waals surface area (Å²) in [7, 11) is 1.60. The SMILES string of the molecule is COc1ccc([C@H]2CC(c3ccccc3)=NN2C(=O)COC(=O)c2ccc(C#N)cc2)cc1. The van der Waals surface area contributed by atoms with Crippen LogP contribution in [-0.2, 0) is 9.53 Å². The van der Waals surface area contributed by atoms with E-state index < -0.39 is 18.5 Å². The standard InChI is InChI=1S/C26H21N3O4/c1-32-22-13-11-20(12-14-22)24-15-23(19-5-3-2-4-6-19)28-29(24)25(30)17-33-26(31)21-9-7-18(16-27)8-10-21/h2-14,24H,15,17H2,1H3/t24-/m1/s1. The molecule has 0 radical (unpaired) electrons. The summed E-state index contributed by atoms with van der Waals surface area (Å²) < 4.78 is 10.5. The van der Waals surface area contributed by atoms with Crippen molar-refractivity contribution in [2.24, 2.45) is 5.10 Å². The molecule has 0 saturated heterocycles. The molecule has 0 saturated carbocycles. The Kier molecular flexibility index (Phi) is 6.46. The molecule has 1 atom stereocenters. The molecule has 7 nitrogen and oxygen atoms in total. The number of nitriles is 1. The molecule has 3 aromatic rings. The molecule has 164 valence electrons. The van der Waals surface area contributed by atoms with Crippen molar-refractivity contribution in [3.8, 4) is 11.8 Å². The fourth-order valence-corrected chi connectivity index (χ4v) is 3.59. The quantitative estimate of drug-likeness (QED) is 0.539. The Bertz CT molecular complexity index is 1210. The maximum atomic E-state index is 13.0. The van der Waals surface area contributed by atoms with Crippen LogP contribution in [0.5, 0.6) is 5.75 Å². The molecular weight excluding hydrogens is 418 g/mol. The monoisotopic (exact) mass is 439 g/mol. The van der Waals surface area contributed by atoms with Crippen molar-refractivity contribution in [2.45, 2.75) is 12.5 Å². The van der Waals surface area contributed by atoms with Crippen LogP contribution in [0.1, 0.15) is 39.5 Å². The second-order valence-electron chi connectivity index (χ2n) is 7.41. The van der Waals surface area contributed by atoms with E-state index >= 15 is 0 Å². The first-order valence-electron chi connectivity index (χ1n) is 10.3. The second-order valence-corrected chi connectivity index (χ2v) is 7.41. The Balaban J connectivity index is 1.52. The van der Waals surface area contributed by atoms with E-state index in [1.165, 1.54) is 29.3 Å². The highest BCUT2D eigenvalue weighted by molar-refractivity contribution is 6.03. The number of hydrogen-bond donors (Lipinski definition) is 0. The third-order valence-electron chi connectivity index (χ3n) is 5.35. The molecule has 4 rings (SSSR count). The van der Waals surface area contributed by atoms with Gasteiger partial charge in [-0.1, -0.05) is 42.5 Å². The number of ether oxygens (including phenoxy) is 2. The minimum absolute atomic E-state index is 0.267. The minimum Gasteiger partial charge on any atom is -0.497 e. The van der Waals surface area contributed by atoms with Gasteiger partial charge in [-0.3, -0.25) is 4.79 Å². The van der Waals surface area contributed by atoms with E-state index in [0.717, 1.165) is 22.6 Å². The molecule has 1 heterocycles. The van der Waals surface area contributed by atoms with Crippen LogP contribution in [0.15, 0.2) is 84.0 Å². The first-order valence-corrected chi connectivity index (χ1v) is 10.3. The third kappa shape index (κ3) is 4.91. The van der Waals surface area contributed by atoms with Crippen LogP contribution in [0.2, 0.25) is 0 Å². The third-order valence-corrected chi connectivity index (χ3v) is 5.35. The van der Waals surface area contributed by atoms with Crippen LogP contribution in [0.4, 0.5) is 0 Å². The van der Waals surface area contributed by atoms with Gasteiger partial charge in [-0.05, 0) is 47.5 Å². The number of amides is 1. The van der Waals surface area contributed by atoms with E-state index in [9.17, 15) is 9.59 Å². The highest BCUT2D eigenvalue weighted by Gasteiger charge is 2.33. The highest BCUT2D eigenvalue weighted by Crippen LogP contribution is 2.33. The second kappa shape index (κ2) is 9.79. The summed E-state index contributed by atoms with van der Waals surface area (Å²) in [6.07, 6.45) is 0.533. The van der Waals surface area contributed by atoms with Crippen LogP contribution in [0, 0.1) is 11.3 Å². The predicted octanol–water partition coefficient (Wildman–Crippen LogP) is 4.10. The molecule has 0 spiro atoms. The molecule has 0 aliphatic carbocycles. The van der Waals surface area contributed by atoms with Crippen LogP contribution in [-0.4, -0.2) is 36.3 Å². The van der Waals surface area contributed by atoms with Crippen molar-refractivity contribution in [1.29, 1.82) is 5.26 Å². The summed E-state index contributed by atoms with van der Waals surface area (Å²) in [5.74, 6) is -0.348. The Morgan fingerprint density at radius 1 is 1.03 bits per heavy atom. The lowest BCUT2D eigenvalue weighted by Gasteiger charge is -2.22. The van der Waals surface area contributed by atoms with Crippen molar-refractivity contribution in [3.05, 3.63) is 101 Å². The number of hydrazone groups is 1. The van der Waals surface area contributed by atoms with Crippen molar-refractivity contribution < 1.29 is 19.1 Å². The normalized spacial score (nSPS) is 14.8. The smallest absolute Gasteiger partial charge is 0.338 e. The first kappa shape index (κ1) is 21.8. The molecule has 3 aromatic carbocycles. The summed E-state index contributed by atoms with van der Waals surface area (Å²) in [6.45, 7) is -0.447. The van der Waals surface area contributed by atoms with Gasteiger partial charge >= 0.3 is 5.97 Å². The number of carbonyl (C=O) groups excluding carboxylic acids is 2. The minimum atomic E-state index is -0.639. The zero-order chi connectivity index (χ0) is 23.2. The van der Waals surface area contributed by atoms with Gasteiger partial charge in [0.05, 0.1) is 36.1 Å². The number of rotatable bonds is 6. The lowest BCUT2D eigenvalue weighted by atomic mass is 9.98. The van der Waals surface area contributed by atoms with E-state index in [1.54, 1.807) is 7.11 Å². The van der Waals surface area contributed by atoms with Crippen molar-refractivity contribution >= 4 is 17.6 Å². The lowest BCUT2D eigenvalue weighted by Crippen LogP contribution is -2.31. The average molecular weight is 439 g/mol. The maximum absolute atomic E-state index is 13.0. The van der Waals surface area contributed by atoms with E-state index in [-0.39, 0.29) is 11.6 Å². The number of nitrogens with zero attached hydrogens (tertiary/aromatic N) is 3. The zero-order valence-corrected chi connectivity index (χ0v) is 18.0. The molecule has 1 aliphatic rings. The number of hydrogen-bond acceptors (Lipinski definition) is 6. The van der Waals surface area contributed by atoms with Crippen molar-refractivity contribution in [1.82, 2.24) is 5.01 Å². The van der Waals surface area contributed by atoms with E-state index in [2.05, 4.69) is 5.10 Å². The van der Waals surface area contributed by atoms with E-state index in [0.29, 0.717) is 12.0 Å². The Labute approximate surface area is 191 Å². The van der Waals surface area contributed by atoms with Gasteiger partial charge in [0, 0.05) is 6.42 Å².